The summed E-state index contributed by atoms with van der Waals surface area (Å²) in [6.07, 6.45) is 3.20. The number of aryl methyl sites for hydroxylation is 1. The number of hydrogen-bond donors (Lipinski definition) is 1. The minimum absolute atomic E-state index is 0.0136. The summed E-state index contributed by atoms with van der Waals surface area (Å²) >= 11 is 6.91. The lowest BCUT2D eigenvalue weighted by atomic mass is 10.0. The molecule has 0 spiro atoms. The summed E-state index contributed by atoms with van der Waals surface area (Å²) in [5, 5.41) is 4.44. The zero-order valence-electron chi connectivity index (χ0n) is 24.9. The first-order valence-electron chi connectivity index (χ1n) is 14.1. The van der Waals surface area contributed by atoms with Gasteiger partial charge < -0.3 is 19.3 Å². The number of likely N-dealkylation sites (N-methyl/N-ethyl adjacent to an activating group) is 1. The molecule has 0 amide bonds. The Kier molecular flexibility index (Phi) is 9.09. The molecule has 1 fully saturated rings. The summed E-state index contributed by atoms with van der Waals surface area (Å²) in [5.41, 5.74) is 2.85. The number of anilines is 2. The molecule has 5 rings (SSSR count). The van der Waals surface area contributed by atoms with Crippen LogP contribution in [0.4, 0.5) is 11.6 Å². The van der Waals surface area contributed by atoms with Crippen molar-refractivity contribution >= 4 is 33.3 Å². The molecule has 43 heavy (non-hydrogen) atoms. The third-order valence-corrected chi connectivity index (χ3v) is 8.70. The van der Waals surface area contributed by atoms with E-state index in [2.05, 4.69) is 36.6 Å². The smallest absolute Gasteiger partial charge is 0.267 e. The van der Waals surface area contributed by atoms with Gasteiger partial charge in [-0.2, -0.15) is 10.1 Å². The van der Waals surface area contributed by atoms with Crippen LogP contribution in [0.5, 0.6) is 17.4 Å². The fraction of sp³-hybridized carbons (Fsp3) is 0.367. The molecule has 0 bridgehead atoms. The molecule has 2 aromatic carbocycles. The highest BCUT2D eigenvalue weighted by molar-refractivity contribution is 7.92. The van der Waals surface area contributed by atoms with Crippen molar-refractivity contribution in [2.24, 2.45) is 7.05 Å². The van der Waals surface area contributed by atoms with Crippen LogP contribution in [0.3, 0.4) is 0 Å². The van der Waals surface area contributed by atoms with Gasteiger partial charge >= 0.3 is 0 Å². The van der Waals surface area contributed by atoms with E-state index in [0.717, 1.165) is 37.4 Å². The summed E-state index contributed by atoms with van der Waals surface area (Å²) in [6, 6.07) is 13.1. The van der Waals surface area contributed by atoms with E-state index in [-0.39, 0.29) is 22.8 Å². The Labute approximate surface area is 257 Å². The Balaban J connectivity index is 1.57. The zero-order valence-corrected chi connectivity index (χ0v) is 26.5. The fourth-order valence-electron chi connectivity index (χ4n) is 4.80. The van der Waals surface area contributed by atoms with Crippen LogP contribution in [0.2, 0.25) is 5.02 Å². The molecule has 1 N–H and O–H groups in total. The second-order valence-electron chi connectivity index (χ2n) is 10.7. The van der Waals surface area contributed by atoms with Crippen LogP contribution in [0.15, 0.2) is 59.8 Å². The number of sulfonamides is 1. The monoisotopic (exact) mass is 625 g/mol. The molecule has 0 atom stereocenters. The highest BCUT2D eigenvalue weighted by Gasteiger charge is 2.24. The van der Waals surface area contributed by atoms with Gasteiger partial charge in [-0.25, -0.2) is 18.1 Å². The number of benzene rings is 2. The molecule has 0 unspecified atom stereocenters. The predicted octanol–water partition coefficient (Wildman–Crippen LogP) is 5.23. The summed E-state index contributed by atoms with van der Waals surface area (Å²) in [5.74, 6) is 1.20. The van der Waals surface area contributed by atoms with Crippen LogP contribution in [-0.4, -0.2) is 72.4 Å². The quantitative estimate of drug-likeness (QED) is 0.253. The molecule has 0 saturated carbocycles. The number of nitrogens with zero attached hydrogens (tertiary/aromatic N) is 6. The molecule has 2 aromatic heterocycles. The molecule has 3 heterocycles. The van der Waals surface area contributed by atoms with Crippen molar-refractivity contribution in [1.29, 1.82) is 0 Å². The molecule has 1 aliphatic heterocycles. The molecule has 4 aromatic rings. The predicted molar refractivity (Wildman–Crippen MR) is 168 cm³/mol. The van der Waals surface area contributed by atoms with Crippen LogP contribution in [0.1, 0.15) is 26.3 Å². The number of ether oxygens (including phenoxy) is 2. The van der Waals surface area contributed by atoms with Crippen molar-refractivity contribution < 1.29 is 17.9 Å². The van der Waals surface area contributed by atoms with Gasteiger partial charge in [-0.1, -0.05) is 24.6 Å². The molecular weight excluding hydrogens is 590 g/mol. The van der Waals surface area contributed by atoms with E-state index in [1.165, 1.54) is 17.1 Å². The van der Waals surface area contributed by atoms with Gasteiger partial charge in [-0.3, -0.25) is 4.68 Å². The lowest BCUT2D eigenvalue weighted by molar-refractivity contribution is 0.242. The summed E-state index contributed by atoms with van der Waals surface area (Å²) in [4.78, 5) is 13.7. The van der Waals surface area contributed by atoms with Crippen molar-refractivity contribution in [2.45, 2.75) is 38.2 Å². The van der Waals surface area contributed by atoms with E-state index in [1.54, 1.807) is 13.1 Å². The normalized spacial score (nSPS) is 14.3. The molecule has 0 radical (unpaired) electrons. The van der Waals surface area contributed by atoms with E-state index in [9.17, 15) is 8.42 Å². The third kappa shape index (κ3) is 7.03. The number of piperazine rings is 1. The zero-order chi connectivity index (χ0) is 30.7. The van der Waals surface area contributed by atoms with Gasteiger partial charge in [0.05, 0.1) is 23.7 Å². The number of aromatic nitrogens is 4. The molecular formula is C30H36ClN7O4S. The number of rotatable bonds is 10. The van der Waals surface area contributed by atoms with Crippen molar-refractivity contribution in [2.75, 3.05) is 42.8 Å². The maximum absolute atomic E-state index is 13.2. The van der Waals surface area contributed by atoms with E-state index in [0.29, 0.717) is 34.2 Å². The van der Waals surface area contributed by atoms with Crippen LogP contribution in [-0.2, 0) is 23.5 Å². The largest absolute Gasteiger partial charge is 0.491 e. The minimum atomic E-state index is -4.03. The Morgan fingerprint density at radius 2 is 1.74 bits per heavy atom. The molecule has 1 saturated heterocycles. The molecule has 11 nitrogen and oxygen atoms in total. The summed E-state index contributed by atoms with van der Waals surface area (Å²) < 4.78 is 42.5. The highest BCUT2D eigenvalue weighted by atomic mass is 35.5. The van der Waals surface area contributed by atoms with Gasteiger partial charge in [0.1, 0.15) is 21.4 Å². The molecule has 13 heteroatoms. The second-order valence-corrected chi connectivity index (χ2v) is 12.7. The molecule has 1 aliphatic rings. The third-order valence-electron chi connectivity index (χ3n) is 7.03. The molecule has 0 aliphatic carbocycles. The van der Waals surface area contributed by atoms with Gasteiger partial charge in [-0.15, -0.1) is 0 Å². The van der Waals surface area contributed by atoms with E-state index >= 15 is 0 Å². The lowest BCUT2D eigenvalue weighted by Gasteiger charge is -2.34. The van der Waals surface area contributed by atoms with Gasteiger partial charge in [0.25, 0.3) is 10.0 Å². The van der Waals surface area contributed by atoms with Crippen LogP contribution in [0, 0.1) is 0 Å². The lowest BCUT2D eigenvalue weighted by Crippen LogP contribution is -2.44. The second kappa shape index (κ2) is 12.8. The number of hydrogen-bond acceptors (Lipinski definition) is 9. The molecule has 228 valence electrons. The minimum Gasteiger partial charge on any atom is -0.491 e. The van der Waals surface area contributed by atoms with Crippen LogP contribution in [0.25, 0.3) is 11.3 Å². The van der Waals surface area contributed by atoms with Crippen molar-refractivity contribution in [3.05, 3.63) is 65.4 Å². The van der Waals surface area contributed by atoms with Gasteiger partial charge in [0.2, 0.25) is 11.8 Å². The van der Waals surface area contributed by atoms with Crippen molar-refractivity contribution in [3.63, 3.8) is 0 Å². The average Bonchev–Trinajstić information content (AvgIpc) is 3.42. The maximum atomic E-state index is 13.2. The van der Waals surface area contributed by atoms with Crippen molar-refractivity contribution in [3.8, 4) is 28.6 Å². The Morgan fingerprint density at radius 3 is 2.37 bits per heavy atom. The van der Waals surface area contributed by atoms with Gasteiger partial charge in [0, 0.05) is 50.6 Å². The fourth-order valence-corrected chi connectivity index (χ4v) is 6.02. The van der Waals surface area contributed by atoms with E-state index < -0.39 is 10.0 Å². The van der Waals surface area contributed by atoms with Gasteiger partial charge in [-0.05, 0) is 63.7 Å². The Hall–Kier alpha value is -3.87. The Bertz CT molecular complexity index is 1690. The standard InChI is InChI=1S/C30H36ClN7O4S/c1-6-24-28(21-10-12-22(13-11-21)41-20(2)3)33-30(35-43(39,40)23-18-32-37(5)19-23)34-29(24)42-26-9-7-8-25(27(26)31)38-16-14-36(4)15-17-38/h7-13,18-20H,6,14-17H2,1-5H3,(H,33,34,35). The topological polar surface area (TPSA) is 115 Å². The highest BCUT2D eigenvalue weighted by Crippen LogP contribution is 2.40. The SMILES string of the molecule is CCc1c(Oc2cccc(N3CCN(C)CC3)c2Cl)nc(NS(=O)(=O)c2cnn(C)c2)nc1-c1ccc(OC(C)C)cc1. The van der Waals surface area contributed by atoms with Crippen molar-refractivity contribution in [1.82, 2.24) is 24.6 Å². The summed E-state index contributed by atoms with van der Waals surface area (Å²) in [7, 11) is -0.285. The van der Waals surface area contributed by atoms with Gasteiger partial charge in [0.15, 0.2) is 0 Å². The van der Waals surface area contributed by atoms with E-state index in [1.807, 2.05) is 57.2 Å². The first kappa shape index (κ1) is 30.6. The summed E-state index contributed by atoms with van der Waals surface area (Å²) in [6.45, 7) is 9.43. The van der Waals surface area contributed by atoms with E-state index in [4.69, 9.17) is 21.1 Å². The Morgan fingerprint density at radius 1 is 1.02 bits per heavy atom. The van der Waals surface area contributed by atoms with Crippen LogP contribution < -0.4 is 19.1 Å². The maximum Gasteiger partial charge on any atom is 0.267 e. The first-order valence-corrected chi connectivity index (χ1v) is 16.0. The number of nitrogens with one attached hydrogen (secondary N) is 1. The average molecular weight is 626 g/mol. The first-order chi connectivity index (χ1) is 20.5. The number of halogens is 1. The van der Waals surface area contributed by atoms with Crippen LogP contribution >= 0.6 is 11.6 Å².